The van der Waals surface area contributed by atoms with Gasteiger partial charge in [0.1, 0.15) is 11.7 Å². The molecule has 0 radical (unpaired) electrons. The van der Waals surface area contributed by atoms with Crippen LogP contribution >= 0.6 is 0 Å². The number of nitrogens with two attached hydrogens (primary N) is 1. The first-order valence-corrected chi connectivity index (χ1v) is 5.47. The van der Waals surface area contributed by atoms with Gasteiger partial charge in [0.25, 0.3) is 0 Å². The number of pyridine rings is 1. The lowest BCUT2D eigenvalue weighted by molar-refractivity contribution is -0.137. The molecule has 0 spiro atoms. The van der Waals surface area contributed by atoms with Gasteiger partial charge in [0.05, 0.1) is 5.56 Å². The zero-order valence-corrected chi connectivity index (χ0v) is 10.5. The Kier molecular flexibility index (Phi) is 4.57. The maximum absolute atomic E-state index is 12.4. The minimum atomic E-state index is -4.40. The number of alkyl halides is 3. The van der Waals surface area contributed by atoms with Gasteiger partial charge in [0.2, 0.25) is 0 Å². The van der Waals surface area contributed by atoms with E-state index < -0.39 is 11.7 Å². The smallest absolute Gasteiger partial charge is 0.409 e. The molecule has 1 aromatic heterocycles. The monoisotopic (exact) mass is 276 g/mol. The van der Waals surface area contributed by atoms with E-state index >= 15 is 0 Å². The van der Waals surface area contributed by atoms with Crippen molar-refractivity contribution in [1.82, 2.24) is 4.98 Å². The van der Waals surface area contributed by atoms with Gasteiger partial charge in [0.15, 0.2) is 0 Å². The maximum atomic E-state index is 12.4. The van der Waals surface area contributed by atoms with Crippen molar-refractivity contribution in [2.45, 2.75) is 13.1 Å². The highest BCUT2D eigenvalue weighted by atomic mass is 19.4. The Morgan fingerprint density at radius 2 is 2.16 bits per heavy atom. The van der Waals surface area contributed by atoms with Gasteiger partial charge < -0.3 is 15.8 Å². The van der Waals surface area contributed by atoms with Gasteiger partial charge in [-0.15, -0.1) is 0 Å². The van der Waals surface area contributed by atoms with Gasteiger partial charge in [-0.2, -0.15) is 13.2 Å². The average Bonchev–Trinajstić information content (AvgIpc) is 2.36. The summed E-state index contributed by atoms with van der Waals surface area (Å²) in [4.78, 5) is 5.37. The van der Waals surface area contributed by atoms with Crippen LogP contribution < -0.4 is 10.6 Å². The maximum Gasteiger partial charge on any atom is 0.417 e. The predicted octanol–water partition coefficient (Wildman–Crippen LogP) is 1.92. The summed E-state index contributed by atoms with van der Waals surface area (Å²) < 4.78 is 37.1. The molecule has 5 nitrogen and oxygen atoms in total. The fourth-order valence-electron chi connectivity index (χ4n) is 1.48. The number of hydrogen-bond acceptors (Lipinski definition) is 4. The van der Waals surface area contributed by atoms with Gasteiger partial charge in [-0.25, -0.2) is 4.98 Å². The zero-order valence-electron chi connectivity index (χ0n) is 10.5. The van der Waals surface area contributed by atoms with Crippen LogP contribution in [0.25, 0.3) is 0 Å². The number of amidine groups is 1. The van der Waals surface area contributed by atoms with Crippen LogP contribution in [0.3, 0.4) is 0 Å². The molecule has 0 amide bonds. The van der Waals surface area contributed by atoms with Crippen molar-refractivity contribution >= 4 is 11.7 Å². The summed E-state index contributed by atoms with van der Waals surface area (Å²) in [6, 6.07) is 2.24. The summed E-state index contributed by atoms with van der Waals surface area (Å²) in [7, 11) is 1.66. The zero-order chi connectivity index (χ0) is 14.6. The molecule has 0 aliphatic rings. The molecule has 3 N–H and O–H groups in total. The number of halogens is 3. The standard InChI is InChI=1S/C11H15F3N4O/c1-7(10(15)17-19)6-18(2)9-4-3-8(5-16-9)11(12,13)14/h3-5,7,19H,6H2,1-2H3,(H2,15,17). The second-order valence-electron chi connectivity index (χ2n) is 4.21. The second-order valence-corrected chi connectivity index (χ2v) is 4.21. The first kappa shape index (κ1) is 15.1. The Morgan fingerprint density at radius 1 is 1.53 bits per heavy atom. The lowest BCUT2D eigenvalue weighted by atomic mass is 10.1. The molecule has 0 fully saturated rings. The first-order chi connectivity index (χ1) is 8.75. The number of anilines is 1. The third-order valence-electron chi connectivity index (χ3n) is 2.63. The van der Waals surface area contributed by atoms with Gasteiger partial charge in [-0.05, 0) is 12.1 Å². The molecule has 1 atom stereocenters. The van der Waals surface area contributed by atoms with Crippen LogP contribution in [0.2, 0.25) is 0 Å². The Bertz CT molecular complexity index is 444. The number of oxime groups is 1. The molecule has 0 bridgehead atoms. The van der Waals surface area contributed by atoms with Crippen molar-refractivity contribution in [1.29, 1.82) is 0 Å². The topological polar surface area (TPSA) is 74.7 Å². The molecule has 1 unspecified atom stereocenters. The molecule has 1 aromatic rings. The fourth-order valence-corrected chi connectivity index (χ4v) is 1.48. The number of hydrogen-bond donors (Lipinski definition) is 2. The number of aromatic nitrogens is 1. The number of rotatable bonds is 4. The van der Waals surface area contributed by atoms with Crippen molar-refractivity contribution in [3.63, 3.8) is 0 Å². The number of nitrogens with zero attached hydrogens (tertiary/aromatic N) is 3. The molecule has 0 aromatic carbocycles. The Hall–Kier alpha value is -1.99. The molecule has 19 heavy (non-hydrogen) atoms. The van der Waals surface area contributed by atoms with E-state index in [2.05, 4.69) is 10.1 Å². The Balaban J connectivity index is 2.76. The van der Waals surface area contributed by atoms with Crippen LogP contribution in [0.1, 0.15) is 12.5 Å². The molecule has 0 aliphatic heterocycles. The van der Waals surface area contributed by atoms with Gasteiger partial charge in [-0.3, -0.25) is 0 Å². The molecule has 0 aliphatic carbocycles. The Morgan fingerprint density at radius 3 is 2.58 bits per heavy atom. The van der Waals surface area contributed by atoms with E-state index in [4.69, 9.17) is 10.9 Å². The summed E-state index contributed by atoms with van der Waals surface area (Å²) >= 11 is 0. The van der Waals surface area contributed by atoms with E-state index in [0.29, 0.717) is 12.4 Å². The molecule has 8 heteroatoms. The van der Waals surface area contributed by atoms with Crippen LogP contribution in [0, 0.1) is 5.92 Å². The quantitative estimate of drug-likeness (QED) is 0.381. The SMILES string of the molecule is CC(CN(C)c1ccc(C(F)(F)F)cn1)/C(N)=N/O. The highest BCUT2D eigenvalue weighted by Gasteiger charge is 2.30. The summed E-state index contributed by atoms with van der Waals surface area (Å²) in [6.45, 7) is 2.10. The van der Waals surface area contributed by atoms with Crippen molar-refractivity contribution in [2.24, 2.45) is 16.8 Å². The van der Waals surface area contributed by atoms with Crippen LogP contribution in [-0.4, -0.2) is 29.6 Å². The highest BCUT2D eigenvalue weighted by Crippen LogP contribution is 2.29. The van der Waals surface area contributed by atoms with E-state index in [9.17, 15) is 13.2 Å². The van der Waals surface area contributed by atoms with Crippen molar-refractivity contribution in [2.75, 3.05) is 18.5 Å². The van der Waals surface area contributed by atoms with E-state index in [0.717, 1.165) is 12.3 Å². The van der Waals surface area contributed by atoms with Crippen LogP contribution in [0.15, 0.2) is 23.5 Å². The third kappa shape index (κ3) is 4.01. The second kappa shape index (κ2) is 5.77. The van der Waals surface area contributed by atoms with E-state index in [1.54, 1.807) is 18.9 Å². The van der Waals surface area contributed by atoms with Crippen molar-refractivity contribution in [3.05, 3.63) is 23.9 Å². The Labute approximate surface area is 108 Å². The molecular formula is C11H15F3N4O. The van der Waals surface area contributed by atoms with Crippen LogP contribution in [-0.2, 0) is 6.18 Å². The van der Waals surface area contributed by atoms with Gasteiger partial charge in [0, 0.05) is 25.7 Å². The van der Waals surface area contributed by atoms with E-state index in [1.807, 2.05) is 0 Å². The van der Waals surface area contributed by atoms with Crippen LogP contribution in [0.4, 0.5) is 19.0 Å². The molecule has 1 heterocycles. The summed E-state index contributed by atoms with van der Waals surface area (Å²) in [5.41, 5.74) is 4.63. The average molecular weight is 276 g/mol. The van der Waals surface area contributed by atoms with Gasteiger partial charge in [-0.1, -0.05) is 12.1 Å². The van der Waals surface area contributed by atoms with E-state index in [1.165, 1.54) is 6.07 Å². The lowest BCUT2D eigenvalue weighted by Crippen LogP contribution is -2.33. The first-order valence-electron chi connectivity index (χ1n) is 5.47. The summed E-state index contributed by atoms with van der Waals surface area (Å²) in [5, 5.41) is 11.4. The summed E-state index contributed by atoms with van der Waals surface area (Å²) in [5.74, 6) is 0.184. The molecule has 0 saturated heterocycles. The minimum Gasteiger partial charge on any atom is -0.409 e. The summed E-state index contributed by atoms with van der Waals surface area (Å²) in [6.07, 6.45) is -3.62. The van der Waals surface area contributed by atoms with Gasteiger partial charge >= 0.3 is 6.18 Å². The molecular weight excluding hydrogens is 261 g/mol. The van der Waals surface area contributed by atoms with E-state index in [-0.39, 0.29) is 11.8 Å². The lowest BCUT2D eigenvalue weighted by Gasteiger charge is -2.22. The normalized spacial score (nSPS) is 14.3. The van der Waals surface area contributed by atoms with Crippen LogP contribution in [0.5, 0.6) is 0 Å². The third-order valence-corrected chi connectivity index (χ3v) is 2.63. The molecule has 1 rings (SSSR count). The highest BCUT2D eigenvalue weighted by molar-refractivity contribution is 5.82. The fraction of sp³-hybridized carbons (Fsp3) is 0.455. The molecule has 0 saturated carbocycles. The molecule has 106 valence electrons. The van der Waals surface area contributed by atoms with Crippen molar-refractivity contribution < 1.29 is 18.4 Å². The largest absolute Gasteiger partial charge is 0.417 e. The predicted molar refractivity (Wildman–Crippen MR) is 65.1 cm³/mol. The van der Waals surface area contributed by atoms with Crippen molar-refractivity contribution in [3.8, 4) is 0 Å². The minimum absolute atomic E-state index is 0.0544.